The van der Waals surface area contributed by atoms with Gasteiger partial charge in [-0.1, -0.05) is 0 Å². The summed E-state index contributed by atoms with van der Waals surface area (Å²) in [6.45, 7) is 2.93. The lowest BCUT2D eigenvalue weighted by Gasteiger charge is -2.27. The second kappa shape index (κ2) is 4.74. The molecule has 0 bridgehead atoms. The molecule has 0 atom stereocenters. The van der Waals surface area contributed by atoms with E-state index in [-0.39, 0.29) is 5.95 Å². The average Bonchev–Trinajstić information content (AvgIpc) is 3.16. The number of ether oxygens (including phenoxy) is 1. The Labute approximate surface area is 120 Å². The van der Waals surface area contributed by atoms with Crippen LogP contribution in [0.5, 0.6) is 0 Å². The number of anilines is 2. The van der Waals surface area contributed by atoms with Gasteiger partial charge in [-0.15, -0.1) is 0 Å². The molecule has 0 radical (unpaired) electrons. The molecule has 4 heterocycles. The number of rotatable bonds is 2. The minimum atomic E-state index is 0.230. The molecule has 1 aliphatic rings. The summed E-state index contributed by atoms with van der Waals surface area (Å²) < 4.78 is 5.38. The van der Waals surface area contributed by atoms with Crippen molar-refractivity contribution in [3.8, 4) is 11.5 Å². The molecule has 3 aromatic heterocycles. The second-order valence-electron chi connectivity index (χ2n) is 4.87. The number of nitrogens with zero attached hydrogens (tertiary/aromatic N) is 4. The maximum absolute atomic E-state index is 5.82. The first-order valence-corrected chi connectivity index (χ1v) is 6.81. The average molecular weight is 285 g/mol. The largest absolute Gasteiger partial charge is 0.378 e. The molecule has 4 N–H and O–H groups in total. The molecule has 1 aliphatic heterocycles. The van der Waals surface area contributed by atoms with Crippen LogP contribution in [0.25, 0.3) is 22.7 Å². The molecule has 3 aromatic rings. The zero-order valence-corrected chi connectivity index (χ0v) is 11.3. The molecule has 4 rings (SSSR count). The smallest absolute Gasteiger partial charge is 0.224 e. The zero-order valence-electron chi connectivity index (χ0n) is 11.3. The van der Waals surface area contributed by atoms with Crippen LogP contribution in [0.4, 0.5) is 11.8 Å². The summed E-state index contributed by atoms with van der Waals surface area (Å²) in [5.41, 5.74) is 8.10. The van der Waals surface area contributed by atoms with E-state index in [1.54, 1.807) is 0 Å². The number of morpholine rings is 1. The zero-order chi connectivity index (χ0) is 14.2. The van der Waals surface area contributed by atoms with Gasteiger partial charge >= 0.3 is 0 Å². The van der Waals surface area contributed by atoms with Gasteiger partial charge in [-0.25, -0.2) is 4.98 Å². The molecular weight excluding hydrogens is 270 g/mol. The molecule has 1 fully saturated rings. The van der Waals surface area contributed by atoms with E-state index in [2.05, 4.69) is 29.8 Å². The summed E-state index contributed by atoms with van der Waals surface area (Å²) in [5, 5.41) is 0. The van der Waals surface area contributed by atoms with Crippen LogP contribution in [0.3, 0.4) is 0 Å². The van der Waals surface area contributed by atoms with E-state index >= 15 is 0 Å². The Morgan fingerprint density at radius 3 is 2.81 bits per heavy atom. The Morgan fingerprint density at radius 1 is 1.19 bits per heavy atom. The van der Waals surface area contributed by atoms with Crippen LogP contribution < -0.4 is 10.6 Å². The van der Waals surface area contributed by atoms with Crippen molar-refractivity contribution in [2.24, 2.45) is 0 Å². The number of hydrogen-bond donors (Lipinski definition) is 3. The predicted molar refractivity (Wildman–Crippen MR) is 78.9 cm³/mol. The fraction of sp³-hybridized carbons (Fsp3) is 0.308. The second-order valence-corrected chi connectivity index (χ2v) is 4.87. The van der Waals surface area contributed by atoms with Gasteiger partial charge in [-0.05, 0) is 12.1 Å². The van der Waals surface area contributed by atoms with Crippen molar-refractivity contribution >= 4 is 22.9 Å². The summed E-state index contributed by atoms with van der Waals surface area (Å²) in [6, 6.07) is 3.87. The maximum atomic E-state index is 5.82. The molecule has 108 valence electrons. The quantitative estimate of drug-likeness (QED) is 0.641. The predicted octanol–water partition coefficient (Wildman–Crippen LogP) is 0.767. The maximum Gasteiger partial charge on any atom is 0.224 e. The Balaban J connectivity index is 1.85. The van der Waals surface area contributed by atoms with Gasteiger partial charge in [-0.2, -0.15) is 9.97 Å². The lowest BCUT2D eigenvalue weighted by molar-refractivity contribution is 0.122. The molecule has 0 aromatic carbocycles. The molecule has 0 aliphatic carbocycles. The highest BCUT2D eigenvalue weighted by atomic mass is 16.5. The molecular formula is C13H15N7O. The fourth-order valence-corrected chi connectivity index (χ4v) is 2.51. The molecule has 0 unspecified atom stereocenters. The van der Waals surface area contributed by atoms with Crippen LogP contribution in [0, 0.1) is 0 Å². The van der Waals surface area contributed by atoms with Crippen LogP contribution in [-0.4, -0.2) is 51.2 Å². The van der Waals surface area contributed by atoms with Crippen LogP contribution in [0.2, 0.25) is 0 Å². The third-order valence-electron chi connectivity index (χ3n) is 3.51. The summed E-state index contributed by atoms with van der Waals surface area (Å²) >= 11 is 0. The minimum Gasteiger partial charge on any atom is -0.378 e. The van der Waals surface area contributed by atoms with E-state index in [1.165, 1.54) is 0 Å². The molecule has 1 saturated heterocycles. The third-order valence-corrected chi connectivity index (χ3v) is 3.51. The minimum absolute atomic E-state index is 0.230. The number of nitrogens with two attached hydrogens (primary N) is 1. The Morgan fingerprint density at radius 2 is 2.05 bits per heavy atom. The first kappa shape index (κ1) is 12.2. The van der Waals surface area contributed by atoms with Crippen molar-refractivity contribution in [2.45, 2.75) is 0 Å². The number of H-pyrrole nitrogens is 2. The van der Waals surface area contributed by atoms with E-state index in [0.29, 0.717) is 18.9 Å². The lowest BCUT2D eigenvalue weighted by atomic mass is 10.3. The monoisotopic (exact) mass is 285 g/mol. The number of hydrogen-bond acceptors (Lipinski definition) is 6. The molecule has 0 amide bonds. The molecule has 8 heteroatoms. The van der Waals surface area contributed by atoms with E-state index in [1.807, 2.05) is 18.3 Å². The van der Waals surface area contributed by atoms with Gasteiger partial charge < -0.3 is 25.3 Å². The lowest BCUT2D eigenvalue weighted by Crippen LogP contribution is -2.37. The van der Waals surface area contributed by atoms with E-state index in [4.69, 9.17) is 10.5 Å². The van der Waals surface area contributed by atoms with Crippen molar-refractivity contribution < 1.29 is 4.74 Å². The van der Waals surface area contributed by atoms with Gasteiger partial charge in [0.05, 0.1) is 18.9 Å². The Hall–Kier alpha value is -2.61. The highest BCUT2D eigenvalue weighted by molar-refractivity contribution is 5.87. The first-order valence-electron chi connectivity index (χ1n) is 6.81. The Kier molecular flexibility index (Phi) is 2.74. The normalized spacial score (nSPS) is 15.7. The van der Waals surface area contributed by atoms with Crippen molar-refractivity contribution in [3.05, 3.63) is 18.3 Å². The summed E-state index contributed by atoms with van der Waals surface area (Å²) in [4.78, 5) is 21.6. The fourth-order valence-electron chi connectivity index (χ4n) is 2.51. The van der Waals surface area contributed by atoms with Crippen molar-refractivity contribution in [2.75, 3.05) is 36.9 Å². The molecule has 21 heavy (non-hydrogen) atoms. The first-order chi connectivity index (χ1) is 10.3. The number of fused-ring (bicyclic) bond motifs is 1. The summed E-state index contributed by atoms with van der Waals surface area (Å²) in [5.74, 6) is 1.74. The van der Waals surface area contributed by atoms with Crippen LogP contribution in [-0.2, 0) is 4.74 Å². The molecule has 0 saturated carbocycles. The standard InChI is InChI=1S/C13H15N7O/c14-13-18-11-9(12(19-13)20-4-6-21-7-5-20)16-10(17-11)8-2-1-3-15-8/h1-3,15H,4-7H2,(H3,14,16,17,18,19). The molecule has 0 spiro atoms. The van der Waals surface area contributed by atoms with Gasteiger partial charge in [0, 0.05) is 19.3 Å². The van der Waals surface area contributed by atoms with E-state index < -0.39 is 0 Å². The van der Waals surface area contributed by atoms with E-state index in [9.17, 15) is 0 Å². The van der Waals surface area contributed by atoms with Crippen molar-refractivity contribution in [1.82, 2.24) is 24.9 Å². The highest BCUT2D eigenvalue weighted by Crippen LogP contribution is 2.26. The van der Waals surface area contributed by atoms with Crippen LogP contribution in [0.1, 0.15) is 0 Å². The van der Waals surface area contributed by atoms with Crippen LogP contribution in [0.15, 0.2) is 18.3 Å². The van der Waals surface area contributed by atoms with E-state index in [0.717, 1.165) is 35.9 Å². The van der Waals surface area contributed by atoms with Gasteiger partial charge in [0.15, 0.2) is 17.3 Å². The summed E-state index contributed by atoms with van der Waals surface area (Å²) in [6.07, 6.45) is 1.85. The molecule has 8 nitrogen and oxygen atoms in total. The van der Waals surface area contributed by atoms with Gasteiger partial charge in [0.2, 0.25) is 5.95 Å². The highest BCUT2D eigenvalue weighted by Gasteiger charge is 2.19. The van der Waals surface area contributed by atoms with Crippen LogP contribution >= 0.6 is 0 Å². The SMILES string of the molecule is Nc1nc(N2CCOCC2)c2[nH]c(-c3ccc[nH]3)nc2n1. The topological polar surface area (TPSA) is 109 Å². The van der Waals surface area contributed by atoms with Crippen molar-refractivity contribution in [1.29, 1.82) is 0 Å². The number of aromatic nitrogens is 5. The number of aromatic amines is 2. The Bertz CT molecular complexity index is 758. The van der Waals surface area contributed by atoms with Crippen molar-refractivity contribution in [3.63, 3.8) is 0 Å². The van der Waals surface area contributed by atoms with Gasteiger partial charge in [-0.3, -0.25) is 0 Å². The number of nitrogens with one attached hydrogen (secondary N) is 2. The third kappa shape index (κ3) is 2.09. The van der Waals surface area contributed by atoms with Gasteiger partial charge in [0.1, 0.15) is 5.52 Å². The van der Waals surface area contributed by atoms with Gasteiger partial charge in [0.25, 0.3) is 0 Å². The summed E-state index contributed by atoms with van der Waals surface area (Å²) in [7, 11) is 0. The number of nitrogen functional groups attached to an aromatic ring is 1. The number of imidazole rings is 1.